The zero-order valence-corrected chi connectivity index (χ0v) is 15.2. The fraction of sp³-hybridized carbons (Fsp3) is 0.524. The van der Waals surface area contributed by atoms with Gasteiger partial charge in [0.05, 0.1) is 56.5 Å². The van der Waals surface area contributed by atoms with Gasteiger partial charge in [0.1, 0.15) is 17.0 Å². The number of anilines is 1. The summed E-state index contributed by atoms with van der Waals surface area (Å²) in [6.45, 7) is 1.08. The molecule has 0 saturated carbocycles. The third-order valence-electron chi connectivity index (χ3n) is 7.80. The van der Waals surface area contributed by atoms with Gasteiger partial charge in [-0.1, -0.05) is 24.3 Å². The first-order valence-corrected chi connectivity index (χ1v) is 9.45. The minimum absolute atomic E-state index is 0.0659. The van der Waals surface area contributed by atoms with Crippen molar-refractivity contribution >= 4 is 5.69 Å². The molecule has 5 aliphatic rings. The van der Waals surface area contributed by atoms with Gasteiger partial charge in [-0.15, -0.1) is 0 Å². The van der Waals surface area contributed by atoms with Crippen LogP contribution in [-0.2, 0) is 9.47 Å². The molecule has 0 aromatic heterocycles. The molecule has 3 saturated heterocycles. The molecular weight excluding hydrogens is 346 g/mol. The maximum Gasteiger partial charge on any atom is 0.119 e. The molecule has 2 N–H and O–H groups in total. The second-order valence-corrected chi connectivity index (χ2v) is 8.39. The normalized spacial score (nSPS) is 47.7. The third kappa shape index (κ3) is 1.42. The molecule has 3 fully saturated rings. The van der Waals surface area contributed by atoms with Gasteiger partial charge in [0.25, 0.3) is 0 Å². The zero-order chi connectivity index (χ0) is 18.5. The van der Waals surface area contributed by atoms with Crippen molar-refractivity contribution < 1.29 is 24.4 Å². The Morgan fingerprint density at radius 1 is 1.00 bits per heavy atom. The van der Waals surface area contributed by atoms with Gasteiger partial charge in [-0.3, -0.25) is 0 Å². The third-order valence-corrected chi connectivity index (χ3v) is 7.80. The number of hydrogen-bond acceptors (Lipinski definition) is 6. The van der Waals surface area contributed by atoms with E-state index >= 15 is 0 Å². The van der Waals surface area contributed by atoms with E-state index in [1.54, 1.807) is 7.11 Å². The number of nitrogens with zero attached hydrogens (tertiary/aromatic N) is 1. The van der Waals surface area contributed by atoms with Gasteiger partial charge in [0.15, 0.2) is 0 Å². The second-order valence-electron chi connectivity index (χ2n) is 8.39. The molecule has 0 amide bonds. The lowest BCUT2D eigenvalue weighted by Gasteiger charge is -2.60. The van der Waals surface area contributed by atoms with E-state index in [-0.39, 0.29) is 25.4 Å². The van der Waals surface area contributed by atoms with E-state index in [9.17, 15) is 10.2 Å². The van der Waals surface area contributed by atoms with Gasteiger partial charge < -0.3 is 29.3 Å². The number of fused-ring (bicyclic) bond motifs is 4. The molecule has 6 nitrogen and oxygen atoms in total. The van der Waals surface area contributed by atoms with Crippen LogP contribution in [0.4, 0.5) is 5.69 Å². The summed E-state index contributed by atoms with van der Waals surface area (Å²) < 4.78 is 18.4. The summed E-state index contributed by atoms with van der Waals surface area (Å²) in [7, 11) is 1.66. The second kappa shape index (κ2) is 4.75. The largest absolute Gasteiger partial charge is 0.497 e. The molecule has 4 bridgehead atoms. The monoisotopic (exact) mass is 369 g/mol. The zero-order valence-electron chi connectivity index (χ0n) is 15.2. The Balaban J connectivity index is 1.52. The van der Waals surface area contributed by atoms with Gasteiger partial charge in [-0.05, 0) is 24.3 Å². The predicted octanol–water partition coefficient (Wildman–Crippen LogP) is 0.887. The van der Waals surface area contributed by atoms with Crippen LogP contribution in [0.2, 0.25) is 0 Å². The number of aliphatic hydroxyl groups excluding tert-OH is 2. The van der Waals surface area contributed by atoms with Crippen molar-refractivity contribution in [3.05, 3.63) is 48.6 Å². The minimum atomic E-state index is -0.688. The molecule has 142 valence electrons. The topological polar surface area (TPSA) is 71.4 Å². The van der Waals surface area contributed by atoms with E-state index in [1.807, 2.05) is 36.4 Å². The van der Waals surface area contributed by atoms with Crippen molar-refractivity contribution in [2.45, 2.75) is 23.4 Å². The first-order valence-electron chi connectivity index (χ1n) is 9.45. The summed E-state index contributed by atoms with van der Waals surface area (Å²) in [5.41, 5.74) is -1.62. The highest BCUT2D eigenvalue weighted by Crippen LogP contribution is 2.76. The Kier molecular flexibility index (Phi) is 2.84. The fourth-order valence-corrected chi connectivity index (χ4v) is 6.71. The van der Waals surface area contributed by atoms with Crippen LogP contribution in [0.3, 0.4) is 0 Å². The first kappa shape index (κ1) is 16.1. The Morgan fingerprint density at radius 3 is 2.07 bits per heavy atom. The van der Waals surface area contributed by atoms with Crippen LogP contribution in [0.5, 0.6) is 5.75 Å². The molecule has 2 spiro atoms. The van der Waals surface area contributed by atoms with Crippen LogP contribution in [-0.4, -0.2) is 67.0 Å². The molecule has 27 heavy (non-hydrogen) atoms. The van der Waals surface area contributed by atoms with E-state index in [2.05, 4.69) is 17.1 Å². The van der Waals surface area contributed by atoms with E-state index in [4.69, 9.17) is 14.2 Å². The summed E-state index contributed by atoms with van der Waals surface area (Å²) >= 11 is 0. The first-order chi connectivity index (χ1) is 13.1. The van der Waals surface area contributed by atoms with E-state index < -0.39 is 22.0 Å². The number of benzene rings is 1. The molecule has 6 heteroatoms. The van der Waals surface area contributed by atoms with Crippen molar-refractivity contribution in [3.8, 4) is 5.75 Å². The van der Waals surface area contributed by atoms with Crippen molar-refractivity contribution in [3.63, 3.8) is 0 Å². The van der Waals surface area contributed by atoms with E-state index in [1.165, 1.54) is 0 Å². The highest BCUT2D eigenvalue weighted by molar-refractivity contribution is 5.58. The molecule has 5 aliphatic heterocycles. The maximum absolute atomic E-state index is 10.7. The summed E-state index contributed by atoms with van der Waals surface area (Å²) in [5.74, 6) is 0.812. The van der Waals surface area contributed by atoms with Crippen LogP contribution in [0.1, 0.15) is 0 Å². The number of piperidine rings is 1. The molecule has 5 heterocycles. The molecule has 6 rings (SSSR count). The van der Waals surface area contributed by atoms with Gasteiger partial charge in [0.2, 0.25) is 0 Å². The van der Waals surface area contributed by atoms with Crippen molar-refractivity contribution in [1.82, 2.24) is 0 Å². The Labute approximate surface area is 157 Å². The summed E-state index contributed by atoms with van der Waals surface area (Å²) in [6, 6.07) is 7.96. The van der Waals surface area contributed by atoms with Crippen molar-refractivity contribution in [2.24, 2.45) is 10.8 Å². The van der Waals surface area contributed by atoms with E-state index in [0.717, 1.165) is 11.4 Å². The average Bonchev–Trinajstić information content (AvgIpc) is 3.43. The summed E-state index contributed by atoms with van der Waals surface area (Å²) in [4.78, 5) is 2.26. The molecular formula is C21H23NO5. The van der Waals surface area contributed by atoms with Crippen LogP contribution in [0, 0.1) is 10.8 Å². The lowest BCUT2D eigenvalue weighted by atomic mass is 9.45. The highest BCUT2D eigenvalue weighted by atomic mass is 16.6. The number of hydrogen-bond donors (Lipinski definition) is 2. The van der Waals surface area contributed by atoms with Gasteiger partial charge in [-0.2, -0.15) is 0 Å². The molecule has 0 aliphatic carbocycles. The number of methoxy groups -OCH3 is 1. The molecule has 2 unspecified atom stereocenters. The SMILES string of the molecule is COc1ccc(N2C[C@@]34C=C[C@@H](O3)C3(CO)[C@@H]5C=C[C@@](C2)(O5)C34CO)cc1. The predicted molar refractivity (Wildman–Crippen MR) is 97.7 cm³/mol. The molecule has 1 aromatic carbocycles. The van der Waals surface area contributed by atoms with Crippen molar-refractivity contribution in [1.29, 1.82) is 0 Å². The van der Waals surface area contributed by atoms with Crippen molar-refractivity contribution in [2.75, 3.05) is 38.3 Å². The van der Waals surface area contributed by atoms with Crippen LogP contribution in [0.25, 0.3) is 0 Å². The van der Waals surface area contributed by atoms with Gasteiger partial charge in [-0.25, -0.2) is 0 Å². The van der Waals surface area contributed by atoms with Gasteiger partial charge >= 0.3 is 0 Å². The van der Waals surface area contributed by atoms with E-state index in [0.29, 0.717) is 13.1 Å². The van der Waals surface area contributed by atoms with Crippen LogP contribution >= 0.6 is 0 Å². The van der Waals surface area contributed by atoms with Crippen LogP contribution < -0.4 is 9.64 Å². The minimum Gasteiger partial charge on any atom is -0.497 e. The maximum atomic E-state index is 10.7. The highest BCUT2D eigenvalue weighted by Gasteiger charge is 2.88. The Morgan fingerprint density at radius 2 is 1.59 bits per heavy atom. The number of ether oxygens (including phenoxy) is 3. The Bertz CT molecular complexity index is 826. The molecule has 6 atom stereocenters. The standard InChI is InChI=1S/C21H23NO5/c1-25-15-4-2-14(3-5-15)22-10-18-8-6-16(26-18)20(12-23)17-7-9-19(11-22,27-17)21(18,20)13-24/h2-9,16-17,23-24H,10-13H2,1H3/t16-,17+,18-,19+,20?,21?. The lowest BCUT2D eigenvalue weighted by molar-refractivity contribution is -0.145. The number of rotatable bonds is 4. The molecule has 1 aromatic rings. The fourth-order valence-electron chi connectivity index (χ4n) is 6.71. The summed E-state index contributed by atoms with van der Waals surface area (Å²) in [6.07, 6.45) is 7.79. The quantitative estimate of drug-likeness (QED) is 0.768. The van der Waals surface area contributed by atoms with Gasteiger partial charge in [0, 0.05) is 5.69 Å². The average molecular weight is 369 g/mol. The smallest absolute Gasteiger partial charge is 0.119 e. The van der Waals surface area contributed by atoms with Crippen LogP contribution in [0.15, 0.2) is 48.6 Å². The molecule has 0 radical (unpaired) electrons. The summed E-state index contributed by atoms with van der Waals surface area (Å²) in [5, 5.41) is 21.2. The number of aliphatic hydroxyl groups is 2. The Hall–Kier alpha value is -1.86. The lowest BCUT2D eigenvalue weighted by Crippen LogP contribution is -2.75.